The molecule has 0 aliphatic rings. The van der Waals surface area contributed by atoms with E-state index in [-0.39, 0.29) is 11.2 Å². The first kappa shape index (κ1) is 16.4. The molecule has 0 spiro atoms. The van der Waals surface area contributed by atoms with E-state index in [1.54, 1.807) is 12.3 Å². The molecule has 2 aromatic rings. The van der Waals surface area contributed by atoms with E-state index >= 15 is 0 Å². The lowest BCUT2D eigenvalue weighted by Gasteiger charge is -2.11. The van der Waals surface area contributed by atoms with E-state index < -0.39 is 0 Å². The third-order valence-electron chi connectivity index (χ3n) is 3.13. The fraction of sp³-hybridized carbons (Fsp3) is 0.400. The fourth-order valence-corrected chi connectivity index (χ4v) is 2.90. The highest BCUT2D eigenvalue weighted by molar-refractivity contribution is 8.00. The van der Waals surface area contributed by atoms with Crippen LogP contribution in [0.3, 0.4) is 0 Å². The standard InChI is InChI=1S/C15H20N4O2S/c1-5-8-19-13(12-7-9-21-10(12)3)17-18-15(19)22-11(4)14(20)16-6-2/h5,7,9,11H,1,6,8H2,2-4H3,(H,16,20)/t11-/m0/s1. The zero-order valence-corrected chi connectivity index (χ0v) is 13.8. The lowest BCUT2D eigenvalue weighted by atomic mass is 10.2. The summed E-state index contributed by atoms with van der Waals surface area (Å²) < 4.78 is 7.27. The molecular formula is C15H20N4O2S. The molecule has 2 heterocycles. The largest absolute Gasteiger partial charge is 0.469 e. The van der Waals surface area contributed by atoms with Crippen molar-refractivity contribution in [3.05, 3.63) is 30.7 Å². The predicted molar refractivity (Wildman–Crippen MR) is 86.7 cm³/mol. The van der Waals surface area contributed by atoms with Crippen molar-refractivity contribution in [3.8, 4) is 11.4 Å². The smallest absolute Gasteiger partial charge is 0.233 e. The number of hydrogen-bond donors (Lipinski definition) is 1. The first-order valence-electron chi connectivity index (χ1n) is 7.11. The van der Waals surface area contributed by atoms with E-state index in [9.17, 15) is 4.79 Å². The van der Waals surface area contributed by atoms with Crippen LogP contribution in [-0.2, 0) is 11.3 Å². The van der Waals surface area contributed by atoms with Crippen LogP contribution in [0.15, 0.2) is 34.6 Å². The van der Waals surface area contributed by atoms with E-state index in [0.29, 0.717) is 18.2 Å². The van der Waals surface area contributed by atoms with Crippen LogP contribution in [0.4, 0.5) is 0 Å². The van der Waals surface area contributed by atoms with E-state index in [2.05, 4.69) is 22.1 Å². The second-order valence-corrected chi connectivity index (χ2v) is 6.06. The van der Waals surface area contributed by atoms with Gasteiger partial charge in [-0.05, 0) is 26.8 Å². The summed E-state index contributed by atoms with van der Waals surface area (Å²) in [5.41, 5.74) is 0.895. The van der Waals surface area contributed by atoms with Gasteiger partial charge in [0.15, 0.2) is 11.0 Å². The van der Waals surface area contributed by atoms with Crippen LogP contribution in [-0.4, -0.2) is 32.5 Å². The summed E-state index contributed by atoms with van der Waals surface area (Å²) in [7, 11) is 0. The minimum atomic E-state index is -0.244. The Morgan fingerprint density at radius 3 is 2.95 bits per heavy atom. The predicted octanol–water partition coefficient (Wildman–Crippen LogP) is 2.65. The van der Waals surface area contributed by atoms with Gasteiger partial charge in [-0.1, -0.05) is 17.8 Å². The van der Waals surface area contributed by atoms with Gasteiger partial charge < -0.3 is 9.73 Å². The van der Waals surface area contributed by atoms with Crippen molar-refractivity contribution in [1.29, 1.82) is 0 Å². The molecule has 0 aliphatic carbocycles. The molecule has 1 atom stereocenters. The van der Waals surface area contributed by atoms with Crippen molar-refractivity contribution >= 4 is 17.7 Å². The molecule has 0 bridgehead atoms. The summed E-state index contributed by atoms with van der Waals surface area (Å²) in [5.74, 6) is 1.49. The number of hydrogen-bond acceptors (Lipinski definition) is 5. The number of thioether (sulfide) groups is 1. The van der Waals surface area contributed by atoms with Crippen molar-refractivity contribution in [2.75, 3.05) is 6.54 Å². The van der Waals surface area contributed by atoms with Gasteiger partial charge in [0.05, 0.1) is 17.1 Å². The molecule has 0 saturated heterocycles. The third-order valence-corrected chi connectivity index (χ3v) is 4.21. The van der Waals surface area contributed by atoms with Crippen LogP contribution in [0.5, 0.6) is 0 Å². The van der Waals surface area contributed by atoms with Gasteiger partial charge in [0.2, 0.25) is 5.91 Å². The highest BCUT2D eigenvalue weighted by atomic mass is 32.2. The number of carbonyl (C=O) groups is 1. The van der Waals surface area contributed by atoms with Gasteiger partial charge in [-0.15, -0.1) is 16.8 Å². The lowest BCUT2D eigenvalue weighted by Crippen LogP contribution is -2.30. The molecule has 2 rings (SSSR count). The number of aryl methyl sites for hydroxylation is 1. The minimum Gasteiger partial charge on any atom is -0.469 e. The Bertz CT molecular complexity index is 662. The topological polar surface area (TPSA) is 73.0 Å². The molecule has 7 heteroatoms. The van der Waals surface area contributed by atoms with E-state index in [4.69, 9.17) is 4.42 Å². The van der Waals surface area contributed by atoms with Crippen molar-refractivity contribution in [3.63, 3.8) is 0 Å². The maximum absolute atomic E-state index is 11.9. The molecule has 1 amide bonds. The van der Waals surface area contributed by atoms with Crippen molar-refractivity contribution in [2.24, 2.45) is 0 Å². The molecule has 0 radical (unpaired) electrons. The van der Waals surface area contributed by atoms with Gasteiger partial charge in [-0.3, -0.25) is 9.36 Å². The van der Waals surface area contributed by atoms with Gasteiger partial charge in [0, 0.05) is 13.1 Å². The summed E-state index contributed by atoms with van der Waals surface area (Å²) in [6.07, 6.45) is 3.41. The Labute approximate surface area is 134 Å². The van der Waals surface area contributed by atoms with Crippen molar-refractivity contribution < 1.29 is 9.21 Å². The summed E-state index contributed by atoms with van der Waals surface area (Å²) in [6, 6.07) is 1.86. The Balaban J connectivity index is 2.29. The van der Waals surface area contributed by atoms with Crippen LogP contribution in [0.25, 0.3) is 11.4 Å². The van der Waals surface area contributed by atoms with E-state index in [1.807, 2.05) is 31.4 Å². The summed E-state index contributed by atoms with van der Waals surface area (Å²) in [4.78, 5) is 11.9. The maximum atomic E-state index is 11.9. The first-order chi connectivity index (χ1) is 10.6. The second-order valence-electron chi connectivity index (χ2n) is 4.75. The molecule has 0 unspecified atom stereocenters. The van der Waals surface area contributed by atoms with Crippen LogP contribution >= 0.6 is 11.8 Å². The van der Waals surface area contributed by atoms with Crippen LogP contribution in [0, 0.1) is 6.92 Å². The zero-order valence-electron chi connectivity index (χ0n) is 13.0. The van der Waals surface area contributed by atoms with Gasteiger partial charge in [-0.25, -0.2) is 0 Å². The fourth-order valence-electron chi connectivity index (χ4n) is 2.02. The average molecular weight is 320 g/mol. The highest BCUT2D eigenvalue weighted by Crippen LogP contribution is 2.28. The molecular weight excluding hydrogens is 300 g/mol. The van der Waals surface area contributed by atoms with E-state index in [0.717, 1.165) is 17.1 Å². The number of carbonyl (C=O) groups excluding carboxylic acids is 1. The lowest BCUT2D eigenvalue weighted by molar-refractivity contribution is -0.120. The number of nitrogens with one attached hydrogen (secondary N) is 1. The van der Waals surface area contributed by atoms with Gasteiger partial charge in [-0.2, -0.15) is 0 Å². The number of amides is 1. The van der Waals surface area contributed by atoms with Crippen molar-refractivity contribution in [2.45, 2.75) is 37.7 Å². The maximum Gasteiger partial charge on any atom is 0.233 e. The quantitative estimate of drug-likeness (QED) is 0.627. The summed E-state index contributed by atoms with van der Waals surface area (Å²) in [6.45, 7) is 10.6. The second kappa shape index (κ2) is 7.31. The van der Waals surface area contributed by atoms with Gasteiger partial charge in [0.1, 0.15) is 5.76 Å². The molecule has 0 fully saturated rings. The first-order valence-corrected chi connectivity index (χ1v) is 7.99. The Morgan fingerprint density at radius 1 is 1.59 bits per heavy atom. The number of rotatable bonds is 7. The van der Waals surface area contributed by atoms with Crippen LogP contribution in [0.2, 0.25) is 0 Å². The number of aromatic nitrogens is 3. The van der Waals surface area contributed by atoms with E-state index in [1.165, 1.54) is 11.8 Å². The highest BCUT2D eigenvalue weighted by Gasteiger charge is 2.21. The molecule has 6 nitrogen and oxygen atoms in total. The Kier molecular flexibility index (Phi) is 5.43. The molecule has 0 saturated carbocycles. The summed E-state index contributed by atoms with van der Waals surface area (Å²) >= 11 is 1.38. The van der Waals surface area contributed by atoms with Crippen molar-refractivity contribution in [1.82, 2.24) is 20.1 Å². The molecule has 118 valence electrons. The van der Waals surface area contributed by atoms with Crippen LogP contribution in [0.1, 0.15) is 19.6 Å². The third kappa shape index (κ3) is 3.41. The van der Waals surface area contributed by atoms with Gasteiger partial charge in [0.25, 0.3) is 0 Å². The zero-order chi connectivity index (χ0) is 16.1. The Hall–Kier alpha value is -2.02. The number of nitrogens with zero attached hydrogens (tertiary/aromatic N) is 3. The monoisotopic (exact) mass is 320 g/mol. The Morgan fingerprint density at radius 2 is 2.36 bits per heavy atom. The number of allylic oxidation sites excluding steroid dienone is 1. The minimum absolute atomic E-state index is 0.0123. The average Bonchev–Trinajstić information content (AvgIpc) is 3.06. The number of furan rings is 1. The molecule has 2 aromatic heterocycles. The SMILES string of the molecule is C=CCn1c(S[C@@H](C)C(=O)NCC)nnc1-c1ccoc1C. The van der Waals surface area contributed by atoms with Gasteiger partial charge >= 0.3 is 0 Å². The normalized spacial score (nSPS) is 12.1. The molecule has 1 N–H and O–H groups in total. The molecule has 0 aromatic carbocycles. The molecule has 0 aliphatic heterocycles. The van der Waals surface area contributed by atoms with Crippen LogP contribution < -0.4 is 5.32 Å². The summed E-state index contributed by atoms with van der Waals surface area (Å²) in [5, 5.41) is 11.7. The molecule has 22 heavy (non-hydrogen) atoms.